The van der Waals surface area contributed by atoms with Gasteiger partial charge in [-0.2, -0.15) is 0 Å². The maximum Gasteiger partial charge on any atom is 0.142 e. The molecule has 1 aliphatic rings. The fourth-order valence-electron chi connectivity index (χ4n) is 4.20. The van der Waals surface area contributed by atoms with E-state index in [4.69, 9.17) is 4.98 Å². The van der Waals surface area contributed by atoms with Gasteiger partial charge >= 0.3 is 0 Å². The molecule has 3 aromatic heterocycles. The summed E-state index contributed by atoms with van der Waals surface area (Å²) >= 11 is 1.61. The maximum absolute atomic E-state index is 10.7. The zero-order valence-corrected chi connectivity index (χ0v) is 18.8. The third-order valence-corrected chi connectivity index (χ3v) is 7.16. The summed E-state index contributed by atoms with van der Waals surface area (Å²) in [5.41, 5.74) is 6.19. The molecule has 158 valence electrons. The first-order chi connectivity index (χ1) is 15.0. The third kappa shape index (κ3) is 3.41. The Kier molecular flexibility index (Phi) is 5.01. The van der Waals surface area contributed by atoms with Crippen molar-refractivity contribution in [1.29, 1.82) is 0 Å². The first kappa shape index (κ1) is 20.1. The molecule has 0 bridgehead atoms. The van der Waals surface area contributed by atoms with Crippen molar-refractivity contribution >= 4 is 38.0 Å². The van der Waals surface area contributed by atoms with Crippen LogP contribution in [0.1, 0.15) is 42.1 Å². The smallest absolute Gasteiger partial charge is 0.142 e. The van der Waals surface area contributed by atoms with Crippen molar-refractivity contribution in [3.8, 4) is 11.3 Å². The van der Waals surface area contributed by atoms with Crippen LogP contribution in [0, 0.1) is 6.92 Å². The molecule has 4 aromatic rings. The van der Waals surface area contributed by atoms with E-state index in [1.54, 1.807) is 11.3 Å². The van der Waals surface area contributed by atoms with E-state index in [-0.39, 0.29) is 6.04 Å². The molecule has 1 unspecified atom stereocenters. The van der Waals surface area contributed by atoms with Gasteiger partial charge < -0.3 is 10.4 Å². The summed E-state index contributed by atoms with van der Waals surface area (Å²) in [5.74, 6) is 0.400. The highest BCUT2D eigenvalue weighted by molar-refractivity contribution is 7.20. The van der Waals surface area contributed by atoms with E-state index < -0.39 is 6.23 Å². The second kappa shape index (κ2) is 7.71. The van der Waals surface area contributed by atoms with Crippen LogP contribution in [0.3, 0.4) is 0 Å². The van der Waals surface area contributed by atoms with Crippen LogP contribution >= 0.6 is 11.3 Å². The van der Waals surface area contributed by atoms with Crippen LogP contribution in [0.2, 0.25) is 0 Å². The van der Waals surface area contributed by atoms with Gasteiger partial charge in [-0.3, -0.25) is 10.3 Å². The number of fused-ring (bicyclic) bond motifs is 5. The van der Waals surface area contributed by atoms with Gasteiger partial charge in [0.05, 0.1) is 21.8 Å². The second-order valence-electron chi connectivity index (χ2n) is 8.41. The molecule has 0 spiro atoms. The SMILES string of the molecule is C=C[C@@H]1CNc2c(sc3ccc4nc(-c5cnc(C(C)C)cc5C)ccc4c23)C(O)N1. The first-order valence-electron chi connectivity index (χ1n) is 10.6. The summed E-state index contributed by atoms with van der Waals surface area (Å²) in [6, 6.07) is 10.5. The molecule has 6 heteroatoms. The van der Waals surface area contributed by atoms with E-state index in [0.717, 1.165) is 48.5 Å². The molecule has 4 heterocycles. The Bertz CT molecular complexity index is 1310. The average molecular weight is 431 g/mol. The molecular formula is C25H26N4OS. The zero-order valence-electron chi connectivity index (χ0n) is 17.9. The summed E-state index contributed by atoms with van der Waals surface area (Å²) < 4.78 is 1.14. The van der Waals surface area contributed by atoms with E-state index in [1.165, 1.54) is 5.56 Å². The molecule has 0 amide bonds. The predicted molar refractivity (Wildman–Crippen MR) is 130 cm³/mol. The van der Waals surface area contributed by atoms with Crippen LogP contribution in [-0.2, 0) is 0 Å². The molecule has 1 aromatic carbocycles. The lowest BCUT2D eigenvalue weighted by molar-refractivity contribution is 0.138. The molecule has 2 atom stereocenters. The summed E-state index contributed by atoms with van der Waals surface area (Å²) in [4.78, 5) is 10.5. The molecule has 31 heavy (non-hydrogen) atoms. The highest BCUT2D eigenvalue weighted by Crippen LogP contribution is 2.43. The van der Waals surface area contributed by atoms with Crippen molar-refractivity contribution in [3.05, 3.63) is 65.3 Å². The number of thiophene rings is 1. The normalized spacial score (nSPS) is 18.7. The van der Waals surface area contributed by atoms with Crippen molar-refractivity contribution in [2.45, 2.75) is 39.0 Å². The van der Waals surface area contributed by atoms with Gasteiger partial charge in [-0.05, 0) is 48.7 Å². The molecule has 0 radical (unpaired) electrons. The molecule has 0 fully saturated rings. The Labute approximate surface area is 185 Å². The van der Waals surface area contributed by atoms with Crippen LogP contribution in [0.4, 0.5) is 5.69 Å². The van der Waals surface area contributed by atoms with Crippen LogP contribution < -0.4 is 10.6 Å². The van der Waals surface area contributed by atoms with Crippen molar-refractivity contribution in [3.63, 3.8) is 0 Å². The Balaban J connectivity index is 1.64. The lowest BCUT2D eigenvalue weighted by Gasteiger charge is -2.14. The first-order valence-corrected chi connectivity index (χ1v) is 11.4. The molecule has 5 nitrogen and oxygen atoms in total. The van der Waals surface area contributed by atoms with E-state index >= 15 is 0 Å². The van der Waals surface area contributed by atoms with E-state index in [2.05, 4.69) is 73.3 Å². The number of hydrogen-bond acceptors (Lipinski definition) is 6. The van der Waals surface area contributed by atoms with Crippen LogP contribution in [0.15, 0.2) is 49.2 Å². The minimum Gasteiger partial charge on any atom is -0.382 e. The van der Waals surface area contributed by atoms with E-state index in [1.807, 2.05) is 12.3 Å². The Morgan fingerprint density at radius 3 is 2.84 bits per heavy atom. The summed E-state index contributed by atoms with van der Waals surface area (Å²) in [5, 5.41) is 19.6. The van der Waals surface area contributed by atoms with Gasteiger partial charge in [-0.15, -0.1) is 17.9 Å². The van der Waals surface area contributed by atoms with Crippen molar-refractivity contribution in [1.82, 2.24) is 15.3 Å². The molecular weight excluding hydrogens is 404 g/mol. The number of nitrogens with zero attached hydrogens (tertiary/aromatic N) is 2. The lowest BCUT2D eigenvalue weighted by Crippen LogP contribution is -2.33. The van der Waals surface area contributed by atoms with Crippen molar-refractivity contribution in [2.75, 3.05) is 11.9 Å². The van der Waals surface area contributed by atoms with Gasteiger partial charge in [-0.25, -0.2) is 4.98 Å². The summed E-state index contributed by atoms with van der Waals surface area (Å²) in [7, 11) is 0. The van der Waals surface area contributed by atoms with Gasteiger partial charge in [-0.1, -0.05) is 19.9 Å². The average Bonchev–Trinajstić information content (AvgIpc) is 3.07. The van der Waals surface area contributed by atoms with Gasteiger partial charge in [0.1, 0.15) is 6.23 Å². The number of nitrogens with one attached hydrogen (secondary N) is 2. The highest BCUT2D eigenvalue weighted by Gasteiger charge is 2.25. The monoisotopic (exact) mass is 430 g/mol. The standard InChI is InChI=1S/C25H26N4OS/c1-5-15-11-27-23-22-16-6-7-19(17-12-26-20(13(2)3)10-14(17)4)29-18(16)8-9-21(22)31-24(23)25(30)28-15/h5-10,12-13,15,25,27-28,30H,1,11H2,2-4H3/t15-,25?/m1/s1. The minimum absolute atomic E-state index is 0.00800. The number of aromatic nitrogens is 2. The van der Waals surface area contributed by atoms with Gasteiger partial charge in [0.25, 0.3) is 0 Å². The van der Waals surface area contributed by atoms with E-state index in [9.17, 15) is 5.11 Å². The Morgan fingerprint density at radius 2 is 2.10 bits per heavy atom. The zero-order chi connectivity index (χ0) is 21.7. The highest BCUT2D eigenvalue weighted by atomic mass is 32.1. The van der Waals surface area contributed by atoms with Crippen molar-refractivity contribution < 1.29 is 5.11 Å². The predicted octanol–water partition coefficient (Wildman–Crippen LogP) is 5.50. The number of benzene rings is 1. The number of aliphatic hydroxyl groups is 1. The molecule has 1 aliphatic heterocycles. The quantitative estimate of drug-likeness (QED) is 0.374. The van der Waals surface area contributed by atoms with Gasteiger partial charge in [0, 0.05) is 45.5 Å². The van der Waals surface area contributed by atoms with Crippen LogP contribution in [0.25, 0.3) is 32.2 Å². The number of pyridine rings is 2. The number of anilines is 1. The molecule has 3 N–H and O–H groups in total. The molecule has 0 aliphatic carbocycles. The topological polar surface area (TPSA) is 70.1 Å². The fourth-order valence-corrected chi connectivity index (χ4v) is 5.34. The van der Waals surface area contributed by atoms with E-state index in [0.29, 0.717) is 12.5 Å². The molecule has 0 saturated heterocycles. The molecule has 5 rings (SSSR count). The third-order valence-electron chi connectivity index (χ3n) is 5.95. The fraction of sp³-hybridized carbons (Fsp3) is 0.280. The Hall–Kier alpha value is -2.80. The largest absolute Gasteiger partial charge is 0.382 e. The number of rotatable bonds is 3. The minimum atomic E-state index is -0.721. The second-order valence-corrected chi connectivity index (χ2v) is 9.50. The van der Waals surface area contributed by atoms with Crippen LogP contribution in [0.5, 0.6) is 0 Å². The summed E-state index contributed by atoms with van der Waals surface area (Å²) in [6.45, 7) is 11.0. The van der Waals surface area contributed by atoms with Crippen molar-refractivity contribution in [2.24, 2.45) is 0 Å². The van der Waals surface area contributed by atoms with Gasteiger partial charge in [0.2, 0.25) is 0 Å². The number of aliphatic hydroxyl groups excluding tert-OH is 1. The Morgan fingerprint density at radius 1 is 1.26 bits per heavy atom. The van der Waals surface area contributed by atoms with Crippen LogP contribution in [-0.4, -0.2) is 27.7 Å². The maximum atomic E-state index is 10.7. The summed E-state index contributed by atoms with van der Waals surface area (Å²) in [6.07, 6.45) is 3.04. The lowest BCUT2D eigenvalue weighted by atomic mass is 10.0. The molecule has 0 saturated carbocycles. The number of hydrogen-bond donors (Lipinski definition) is 3. The van der Waals surface area contributed by atoms with Gasteiger partial charge in [0.15, 0.2) is 0 Å². The number of aryl methyl sites for hydroxylation is 1.